The molecule has 1 aliphatic rings. The van der Waals surface area contributed by atoms with Crippen LogP contribution in [-0.2, 0) is 13.5 Å². The fraction of sp³-hybridized carbons (Fsp3) is 0.217. The van der Waals surface area contributed by atoms with Crippen molar-refractivity contribution in [2.24, 2.45) is 17.0 Å². The summed E-state index contributed by atoms with van der Waals surface area (Å²) in [5, 5.41) is 10.6. The molecule has 4 rings (SSSR count). The van der Waals surface area contributed by atoms with Crippen LogP contribution in [-0.4, -0.2) is 22.5 Å². The second-order valence-electron chi connectivity index (χ2n) is 6.69. The van der Waals surface area contributed by atoms with E-state index in [0.717, 1.165) is 44.4 Å². The Kier molecular flexibility index (Phi) is 5.36. The second-order valence-corrected chi connectivity index (χ2v) is 7.70. The molecule has 1 aliphatic heterocycles. The fourth-order valence-corrected chi connectivity index (χ4v) is 4.26. The van der Waals surface area contributed by atoms with Crippen LogP contribution in [0.15, 0.2) is 52.4 Å². The Labute approximate surface area is 174 Å². The van der Waals surface area contributed by atoms with Crippen molar-refractivity contribution in [3.05, 3.63) is 63.3 Å². The van der Waals surface area contributed by atoms with Crippen molar-refractivity contribution >= 4 is 40.6 Å². The first-order chi connectivity index (χ1) is 14.1. The molecule has 148 valence electrons. The van der Waals surface area contributed by atoms with Gasteiger partial charge in [0.2, 0.25) is 5.88 Å². The van der Waals surface area contributed by atoms with Crippen LogP contribution in [0.1, 0.15) is 29.9 Å². The monoisotopic (exact) mass is 405 g/mol. The molecule has 0 saturated heterocycles. The summed E-state index contributed by atoms with van der Waals surface area (Å²) in [4.78, 5) is 10.7. The molecule has 0 saturated carbocycles. The SMILES string of the molecule is CCOc1ccc(N=c2sc(/C=C3\C=Nc4c(CC)cccc43)c(O)n2C)cc1. The van der Waals surface area contributed by atoms with Crippen LogP contribution in [0.25, 0.3) is 11.6 Å². The standard InChI is InChI=1S/C23H23N3O2S/c1-4-15-7-6-8-19-16(14-24-21(15)19)13-20-22(27)26(3)23(29-20)25-17-9-11-18(12-10-17)28-5-2/h6-14,27H,4-5H2,1-3H3/b16-13+,25-23?. The minimum atomic E-state index is 0.195. The molecule has 1 N–H and O–H groups in total. The molecule has 0 spiro atoms. The Hall–Kier alpha value is -3.12. The van der Waals surface area contributed by atoms with E-state index in [4.69, 9.17) is 4.74 Å². The molecule has 3 aromatic rings. The summed E-state index contributed by atoms with van der Waals surface area (Å²) in [6.45, 7) is 4.72. The van der Waals surface area contributed by atoms with Gasteiger partial charge in [-0.05, 0) is 49.2 Å². The summed E-state index contributed by atoms with van der Waals surface area (Å²) in [5.41, 5.74) is 5.17. The molecular weight excluding hydrogens is 382 g/mol. The van der Waals surface area contributed by atoms with E-state index in [1.807, 2.05) is 50.5 Å². The van der Waals surface area contributed by atoms with E-state index >= 15 is 0 Å². The van der Waals surface area contributed by atoms with Crippen molar-refractivity contribution in [2.45, 2.75) is 20.3 Å². The molecule has 0 bridgehead atoms. The van der Waals surface area contributed by atoms with Crippen molar-refractivity contribution in [3.63, 3.8) is 0 Å². The number of rotatable bonds is 5. The van der Waals surface area contributed by atoms with Gasteiger partial charge in [0.1, 0.15) is 5.75 Å². The van der Waals surface area contributed by atoms with Gasteiger partial charge in [-0.2, -0.15) is 0 Å². The third-order valence-electron chi connectivity index (χ3n) is 4.83. The number of thiazole rings is 1. The van der Waals surface area contributed by atoms with Crippen molar-refractivity contribution in [3.8, 4) is 11.6 Å². The lowest BCUT2D eigenvalue weighted by atomic mass is 10.0. The van der Waals surface area contributed by atoms with Gasteiger partial charge in [0, 0.05) is 24.4 Å². The summed E-state index contributed by atoms with van der Waals surface area (Å²) in [6, 6.07) is 13.9. The molecule has 0 unspecified atom stereocenters. The van der Waals surface area contributed by atoms with E-state index in [1.165, 1.54) is 16.9 Å². The number of para-hydroxylation sites is 1. The summed E-state index contributed by atoms with van der Waals surface area (Å²) in [5.74, 6) is 1.02. The predicted molar refractivity (Wildman–Crippen MR) is 120 cm³/mol. The Morgan fingerprint density at radius 1 is 1.17 bits per heavy atom. The number of allylic oxidation sites excluding steroid dienone is 1. The Balaban J connectivity index is 1.70. The van der Waals surface area contributed by atoms with Crippen molar-refractivity contribution in [1.82, 2.24) is 4.57 Å². The summed E-state index contributed by atoms with van der Waals surface area (Å²) < 4.78 is 7.17. The smallest absolute Gasteiger partial charge is 0.210 e. The predicted octanol–water partition coefficient (Wildman–Crippen LogP) is 5.24. The van der Waals surface area contributed by atoms with Crippen LogP contribution < -0.4 is 9.54 Å². The topological polar surface area (TPSA) is 59.1 Å². The van der Waals surface area contributed by atoms with Crippen LogP contribution in [0, 0.1) is 0 Å². The average Bonchev–Trinajstić information content (AvgIpc) is 3.26. The highest BCUT2D eigenvalue weighted by molar-refractivity contribution is 7.10. The molecule has 2 heterocycles. The third kappa shape index (κ3) is 3.76. The van der Waals surface area contributed by atoms with Gasteiger partial charge in [-0.3, -0.25) is 9.56 Å². The zero-order valence-corrected chi connectivity index (χ0v) is 17.5. The van der Waals surface area contributed by atoms with Crippen molar-refractivity contribution < 1.29 is 9.84 Å². The van der Waals surface area contributed by atoms with E-state index < -0.39 is 0 Å². The highest BCUT2D eigenvalue weighted by Crippen LogP contribution is 2.37. The number of aryl methyl sites for hydroxylation is 1. The van der Waals surface area contributed by atoms with Gasteiger partial charge in [-0.1, -0.05) is 36.5 Å². The minimum Gasteiger partial charge on any atom is -0.494 e. The lowest BCUT2D eigenvalue weighted by Crippen LogP contribution is -2.08. The number of fused-ring (bicyclic) bond motifs is 1. The molecular formula is C23H23N3O2S. The Morgan fingerprint density at radius 2 is 1.97 bits per heavy atom. The van der Waals surface area contributed by atoms with Gasteiger partial charge in [0.15, 0.2) is 4.80 Å². The highest BCUT2D eigenvalue weighted by Gasteiger charge is 2.17. The number of benzene rings is 2. The number of aromatic hydroxyl groups is 1. The Morgan fingerprint density at radius 3 is 2.69 bits per heavy atom. The van der Waals surface area contributed by atoms with Crippen molar-refractivity contribution in [2.75, 3.05) is 6.61 Å². The molecule has 0 radical (unpaired) electrons. The maximum absolute atomic E-state index is 10.6. The zero-order valence-electron chi connectivity index (χ0n) is 16.7. The maximum Gasteiger partial charge on any atom is 0.210 e. The van der Waals surface area contributed by atoms with E-state index in [1.54, 1.807) is 4.57 Å². The maximum atomic E-state index is 10.6. The summed E-state index contributed by atoms with van der Waals surface area (Å²) in [6.07, 6.45) is 4.79. The fourth-order valence-electron chi connectivity index (χ4n) is 3.28. The zero-order chi connectivity index (χ0) is 20.4. The first-order valence-corrected chi connectivity index (χ1v) is 10.5. The van der Waals surface area contributed by atoms with E-state index in [-0.39, 0.29) is 5.88 Å². The van der Waals surface area contributed by atoms with Crippen LogP contribution in [0.4, 0.5) is 11.4 Å². The number of aliphatic imine (C=N–C) groups is 1. The molecule has 5 nitrogen and oxygen atoms in total. The summed E-state index contributed by atoms with van der Waals surface area (Å²) >= 11 is 1.44. The number of hydrogen-bond donors (Lipinski definition) is 1. The molecule has 0 aliphatic carbocycles. The number of hydrogen-bond acceptors (Lipinski definition) is 5. The largest absolute Gasteiger partial charge is 0.494 e. The van der Waals surface area contributed by atoms with Gasteiger partial charge < -0.3 is 9.84 Å². The van der Waals surface area contributed by atoms with Crippen LogP contribution in [0.5, 0.6) is 11.6 Å². The van der Waals surface area contributed by atoms with Gasteiger partial charge in [-0.25, -0.2) is 4.99 Å². The molecule has 29 heavy (non-hydrogen) atoms. The average molecular weight is 406 g/mol. The number of aromatic nitrogens is 1. The van der Waals surface area contributed by atoms with Gasteiger partial charge in [0.05, 0.1) is 22.9 Å². The van der Waals surface area contributed by atoms with Gasteiger partial charge >= 0.3 is 0 Å². The van der Waals surface area contributed by atoms with Crippen LogP contribution in [0.3, 0.4) is 0 Å². The highest BCUT2D eigenvalue weighted by atomic mass is 32.1. The molecule has 0 fully saturated rings. The van der Waals surface area contributed by atoms with Gasteiger partial charge in [0.25, 0.3) is 0 Å². The molecule has 0 amide bonds. The summed E-state index contributed by atoms with van der Waals surface area (Å²) in [7, 11) is 1.81. The number of nitrogens with zero attached hydrogens (tertiary/aromatic N) is 3. The molecule has 0 atom stereocenters. The lowest BCUT2D eigenvalue weighted by molar-refractivity contribution is 0.340. The van der Waals surface area contributed by atoms with Crippen LogP contribution in [0.2, 0.25) is 0 Å². The quantitative estimate of drug-likeness (QED) is 0.631. The first-order valence-electron chi connectivity index (χ1n) is 9.65. The van der Waals surface area contributed by atoms with E-state index in [2.05, 4.69) is 35.1 Å². The molecule has 6 heteroatoms. The third-order valence-corrected chi connectivity index (χ3v) is 5.90. The molecule has 1 aromatic heterocycles. The minimum absolute atomic E-state index is 0.195. The normalized spacial score (nSPS) is 14.6. The second kappa shape index (κ2) is 8.09. The molecule has 2 aromatic carbocycles. The van der Waals surface area contributed by atoms with Gasteiger partial charge in [-0.15, -0.1) is 0 Å². The first kappa shape index (κ1) is 19.2. The van der Waals surface area contributed by atoms with Crippen molar-refractivity contribution in [1.29, 1.82) is 0 Å². The van der Waals surface area contributed by atoms with E-state index in [9.17, 15) is 5.11 Å². The van der Waals surface area contributed by atoms with Crippen LogP contribution >= 0.6 is 11.3 Å². The number of ether oxygens (including phenoxy) is 1. The Bertz CT molecular complexity index is 1170. The van der Waals surface area contributed by atoms with E-state index in [0.29, 0.717) is 6.61 Å². The lowest BCUT2D eigenvalue weighted by Gasteiger charge is -2.04.